The van der Waals surface area contributed by atoms with Crippen LogP contribution in [0.2, 0.25) is 0 Å². The minimum atomic E-state index is 0.675. The summed E-state index contributed by atoms with van der Waals surface area (Å²) in [7, 11) is 1.71. The van der Waals surface area contributed by atoms with Crippen LogP contribution in [-0.2, 0) is 11.2 Å². The van der Waals surface area contributed by atoms with Crippen LogP contribution in [0.1, 0.15) is 17.0 Å². The third kappa shape index (κ3) is 3.16. The van der Waals surface area contributed by atoms with Gasteiger partial charge in [-0.1, -0.05) is 12.1 Å². The third-order valence-electron chi connectivity index (χ3n) is 2.60. The van der Waals surface area contributed by atoms with Gasteiger partial charge in [-0.2, -0.15) is 5.26 Å². The zero-order chi connectivity index (χ0) is 12.8. The molecule has 0 aliphatic carbocycles. The molecule has 0 spiro atoms. The highest BCUT2D eigenvalue weighted by molar-refractivity contribution is 7.09. The van der Waals surface area contributed by atoms with E-state index in [0.717, 1.165) is 35.7 Å². The Kier molecular flexibility index (Phi) is 4.46. The highest BCUT2D eigenvalue weighted by Crippen LogP contribution is 2.22. The highest BCUT2D eigenvalue weighted by Gasteiger charge is 2.04. The summed E-state index contributed by atoms with van der Waals surface area (Å²) < 4.78 is 5.03. The second-order valence-electron chi connectivity index (χ2n) is 3.91. The minimum absolute atomic E-state index is 0.675. The van der Waals surface area contributed by atoms with Crippen molar-refractivity contribution in [1.82, 2.24) is 4.98 Å². The van der Waals surface area contributed by atoms with Gasteiger partial charge in [0, 0.05) is 31.1 Å². The van der Waals surface area contributed by atoms with E-state index in [1.165, 1.54) is 0 Å². The summed E-state index contributed by atoms with van der Waals surface area (Å²) in [5.41, 5.74) is 2.72. The van der Waals surface area contributed by atoms with E-state index in [4.69, 9.17) is 10.00 Å². The number of aryl methyl sites for hydroxylation is 1. The first-order valence-corrected chi connectivity index (χ1v) is 6.65. The van der Waals surface area contributed by atoms with Gasteiger partial charge in [-0.05, 0) is 18.6 Å². The molecule has 2 aromatic rings. The van der Waals surface area contributed by atoms with Gasteiger partial charge in [0.1, 0.15) is 0 Å². The summed E-state index contributed by atoms with van der Waals surface area (Å²) in [6.45, 7) is 0.770. The molecule has 0 unspecified atom stereocenters. The molecule has 0 amide bonds. The molecule has 0 aliphatic rings. The lowest BCUT2D eigenvalue weighted by Crippen LogP contribution is -1.92. The standard InChI is InChI=1S/C14H14N2OS/c1-17-8-2-3-14-16-13(10-18-14)12-6-4-11(9-15)5-7-12/h4-7,10H,2-3,8H2,1H3. The quantitative estimate of drug-likeness (QED) is 0.773. The number of hydrogen-bond acceptors (Lipinski definition) is 4. The molecule has 0 N–H and O–H groups in total. The van der Waals surface area contributed by atoms with Crippen LogP contribution in [0, 0.1) is 11.3 Å². The number of hydrogen-bond donors (Lipinski definition) is 0. The lowest BCUT2D eigenvalue weighted by molar-refractivity contribution is 0.195. The molecule has 2 rings (SSSR count). The van der Waals surface area contributed by atoms with Crippen molar-refractivity contribution in [3.05, 3.63) is 40.2 Å². The van der Waals surface area contributed by atoms with E-state index in [1.54, 1.807) is 18.4 Å². The first kappa shape index (κ1) is 12.7. The van der Waals surface area contributed by atoms with Crippen LogP contribution in [0.4, 0.5) is 0 Å². The molecule has 0 saturated carbocycles. The Morgan fingerprint density at radius 3 is 2.78 bits per heavy atom. The maximum Gasteiger partial charge on any atom is 0.0991 e. The maximum atomic E-state index is 8.75. The summed E-state index contributed by atoms with van der Waals surface area (Å²) in [6, 6.07) is 9.63. The van der Waals surface area contributed by atoms with E-state index < -0.39 is 0 Å². The number of nitrogens with zero attached hydrogens (tertiary/aromatic N) is 2. The van der Waals surface area contributed by atoms with Gasteiger partial charge in [0.2, 0.25) is 0 Å². The van der Waals surface area contributed by atoms with Crippen LogP contribution in [0.3, 0.4) is 0 Å². The van der Waals surface area contributed by atoms with Gasteiger partial charge < -0.3 is 4.74 Å². The van der Waals surface area contributed by atoms with Crippen LogP contribution in [-0.4, -0.2) is 18.7 Å². The molecule has 18 heavy (non-hydrogen) atoms. The minimum Gasteiger partial charge on any atom is -0.385 e. The van der Waals surface area contributed by atoms with E-state index in [9.17, 15) is 0 Å². The van der Waals surface area contributed by atoms with Crippen molar-refractivity contribution in [2.24, 2.45) is 0 Å². The Bertz CT molecular complexity index is 540. The molecule has 4 heteroatoms. The number of ether oxygens (including phenoxy) is 1. The molecular weight excluding hydrogens is 244 g/mol. The number of aromatic nitrogens is 1. The van der Waals surface area contributed by atoms with Crippen LogP contribution in [0.15, 0.2) is 29.6 Å². The summed E-state index contributed by atoms with van der Waals surface area (Å²) in [5.74, 6) is 0. The number of rotatable bonds is 5. The van der Waals surface area contributed by atoms with Gasteiger partial charge >= 0.3 is 0 Å². The average molecular weight is 258 g/mol. The van der Waals surface area contributed by atoms with Crippen molar-refractivity contribution >= 4 is 11.3 Å². The summed E-state index contributed by atoms with van der Waals surface area (Å²) in [4.78, 5) is 4.59. The summed E-state index contributed by atoms with van der Waals surface area (Å²) in [6.07, 6.45) is 1.95. The zero-order valence-electron chi connectivity index (χ0n) is 10.2. The predicted molar refractivity (Wildman–Crippen MR) is 72.5 cm³/mol. The predicted octanol–water partition coefficient (Wildman–Crippen LogP) is 3.26. The van der Waals surface area contributed by atoms with Gasteiger partial charge in [-0.3, -0.25) is 0 Å². The third-order valence-corrected chi connectivity index (χ3v) is 3.51. The van der Waals surface area contributed by atoms with Crippen molar-refractivity contribution in [3.8, 4) is 17.3 Å². The van der Waals surface area contributed by atoms with Gasteiger partial charge in [0.05, 0.1) is 22.3 Å². The Morgan fingerprint density at radius 2 is 2.11 bits per heavy atom. The lowest BCUT2D eigenvalue weighted by Gasteiger charge is -1.97. The molecule has 3 nitrogen and oxygen atoms in total. The fourth-order valence-corrected chi connectivity index (χ4v) is 2.49. The number of benzene rings is 1. The van der Waals surface area contributed by atoms with Crippen molar-refractivity contribution in [3.63, 3.8) is 0 Å². The molecule has 0 fully saturated rings. The number of methoxy groups -OCH3 is 1. The normalized spacial score (nSPS) is 10.2. The molecular formula is C14H14N2OS. The summed E-state index contributed by atoms with van der Waals surface area (Å²) >= 11 is 1.67. The Morgan fingerprint density at radius 1 is 1.33 bits per heavy atom. The van der Waals surface area contributed by atoms with Crippen molar-refractivity contribution < 1.29 is 4.74 Å². The maximum absolute atomic E-state index is 8.75. The average Bonchev–Trinajstić information content (AvgIpc) is 2.88. The van der Waals surface area contributed by atoms with Crippen LogP contribution in [0.25, 0.3) is 11.3 Å². The molecule has 0 bridgehead atoms. The van der Waals surface area contributed by atoms with E-state index in [2.05, 4.69) is 16.4 Å². The summed E-state index contributed by atoms with van der Waals surface area (Å²) in [5, 5.41) is 11.9. The second-order valence-corrected chi connectivity index (χ2v) is 4.85. The monoisotopic (exact) mass is 258 g/mol. The Labute approximate surface area is 111 Å². The van der Waals surface area contributed by atoms with Gasteiger partial charge in [0.25, 0.3) is 0 Å². The molecule has 1 aromatic heterocycles. The van der Waals surface area contributed by atoms with Crippen LogP contribution >= 0.6 is 11.3 Å². The van der Waals surface area contributed by atoms with E-state index >= 15 is 0 Å². The fraction of sp³-hybridized carbons (Fsp3) is 0.286. The first-order valence-electron chi connectivity index (χ1n) is 5.77. The molecule has 0 aliphatic heterocycles. The molecule has 1 heterocycles. The van der Waals surface area contributed by atoms with Crippen LogP contribution < -0.4 is 0 Å². The van der Waals surface area contributed by atoms with Gasteiger partial charge in [-0.25, -0.2) is 4.98 Å². The van der Waals surface area contributed by atoms with Crippen molar-refractivity contribution in [2.45, 2.75) is 12.8 Å². The van der Waals surface area contributed by atoms with Crippen molar-refractivity contribution in [1.29, 1.82) is 5.26 Å². The molecule has 1 aromatic carbocycles. The first-order chi connectivity index (χ1) is 8.83. The van der Waals surface area contributed by atoms with Crippen molar-refractivity contribution in [2.75, 3.05) is 13.7 Å². The second kappa shape index (κ2) is 6.29. The number of nitriles is 1. The molecule has 0 atom stereocenters. The lowest BCUT2D eigenvalue weighted by atomic mass is 10.1. The Balaban J connectivity index is 2.06. The van der Waals surface area contributed by atoms with Gasteiger partial charge in [0.15, 0.2) is 0 Å². The van der Waals surface area contributed by atoms with E-state index in [-0.39, 0.29) is 0 Å². The largest absolute Gasteiger partial charge is 0.385 e. The SMILES string of the molecule is COCCCc1nc(-c2ccc(C#N)cc2)cs1. The molecule has 92 valence electrons. The number of thiazole rings is 1. The topological polar surface area (TPSA) is 45.9 Å². The van der Waals surface area contributed by atoms with E-state index in [1.807, 2.05) is 24.3 Å². The zero-order valence-corrected chi connectivity index (χ0v) is 11.0. The molecule has 0 radical (unpaired) electrons. The van der Waals surface area contributed by atoms with Gasteiger partial charge in [-0.15, -0.1) is 11.3 Å². The van der Waals surface area contributed by atoms with Crippen LogP contribution in [0.5, 0.6) is 0 Å². The fourth-order valence-electron chi connectivity index (χ4n) is 1.64. The Hall–Kier alpha value is -1.70. The molecule has 0 saturated heterocycles. The highest BCUT2D eigenvalue weighted by atomic mass is 32.1. The smallest absolute Gasteiger partial charge is 0.0991 e. The van der Waals surface area contributed by atoms with E-state index in [0.29, 0.717) is 5.56 Å².